The van der Waals surface area contributed by atoms with E-state index in [4.69, 9.17) is 0 Å². The molecule has 3 heteroatoms. The minimum Gasteiger partial charge on any atom is -0.395 e. The maximum atomic E-state index is 12.4. The molecule has 1 saturated carbocycles. The maximum absolute atomic E-state index is 12.4. The summed E-state index contributed by atoms with van der Waals surface area (Å²) in [6, 6.07) is 8.22. The fraction of sp³-hybridized carbons (Fsp3) is 0.588. The molecule has 0 aliphatic heterocycles. The Morgan fingerprint density at radius 2 is 2.05 bits per heavy atom. The first-order valence-electron chi connectivity index (χ1n) is 7.65. The number of aliphatic hydroxyl groups is 1. The van der Waals surface area contributed by atoms with Crippen molar-refractivity contribution in [1.29, 1.82) is 0 Å². The SMILES string of the molecule is Cc1cccc(C(=O)CN(CCO)C2CCCCC2)c1. The summed E-state index contributed by atoms with van der Waals surface area (Å²) in [6.45, 7) is 3.15. The summed E-state index contributed by atoms with van der Waals surface area (Å²) in [4.78, 5) is 14.6. The number of carbonyl (C=O) groups excluding carboxylic acids is 1. The first-order valence-corrected chi connectivity index (χ1v) is 7.65. The van der Waals surface area contributed by atoms with Crippen LogP contribution in [-0.4, -0.2) is 41.5 Å². The number of nitrogens with zero attached hydrogens (tertiary/aromatic N) is 1. The second-order valence-electron chi connectivity index (χ2n) is 5.78. The second kappa shape index (κ2) is 7.55. The number of hydrogen-bond acceptors (Lipinski definition) is 3. The predicted octanol–water partition coefficient (Wildman–Crippen LogP) is 2.80. The van der Waals surface area contributed by atoms with Crippen molar-refractivity contribution in [3.8, 4) is 0 Å². The number of aryl methyl sites for hydroxylation is 1. The van der Waals surface area contributed by atoms with Gasteiger partial charge in [0.2, 0.25) is 0 Å². The van der Waals surface area contributed by atoms with Gasteiger partial charge in [0.25, 0.3) is 0 Å². The van der Waals surface area contributed by atoms with Crippen LogP contribution in [0, 0.1) is 6.92 Å². The van der Waals surface area contributed by atoms with Gasteiger partial charge in [-0.25, -0.2) is 0 Å². The quantitative estimate of drug-likeness (QED) is 0.812. The Morgan fingerprint density at radius 1 is 1.30 bits per heavy atom. The molecule has 0 radical (unpaired) electrons. The Hall–Kier alpha value is -1.19. The molecule has 1 aromatic rings. The van der Waals surface area contributed by atoms with E-state index in [1.807, 2.05) is 31.2 Å². The number of carbonyl (C=O) groups is 1. The third kappa shape index (κ3) is 4.15. The highest BCUT2D eigenvalue weighted by Crippen LogP contribution is 2.22. The van der Waals surface area contributed by atoms with Crippen LogP contribution in [0.2, 0.25) is 0 Å². The molecule has 1 aromatic carbocycles. The van der Waals surface area contributed by atoms with Crippen LogP contribution in [-0.2, 0) is 0 Å². The fourth-order valence-electron chi connectivity index (χ4n) is 3.06. The Bertz CT molecular complexity index is 438. The van der Waals surface area contributed by atoms with Crippen LogP contribution in [0.25, 0.3) is 0 Å². The molecule has 0 bridgehead atoms. The molecule has 2 rings (SSSR count). The van der Waals surface area contributed by atoms with Crippen molar-refractivity contribution in [3.63, 3.8) is 0 Å². The highest BCUT2D eigenvalue weighted by molar-refractivity contribution is 5.97. The summed E-state index contributed by atoms with van der Waals surface area (Å²) in [5, 5.41) is 9.24. The van der Waals surface area contributed by atoms with E-state index in [1.165, 1.54) is 19.3 Å². The largest absolute Gasteiger partial charge is 0.395 e. The van der Waals surface area contributed by atoms with Crippen LogP contribution in [0.5, 0.6) is 0 Å². The van der Waals surface area contributed by atoms with E-state index < -0.39 is 0 Å². The molecule has 110 valence electrons. The number of rotatable bonds is 6. The minimum atomic E-state index is 0.123. The van der Waals surface area contributed by atoms with Gasteiger partial charge in [-0.3, -0.25) is 9.69 Å². The number of aliphatic hydroxyl groups excluding tert-OH is 1. The van der Waals surface area contributed by atoms with Crippen LogP contribution in [0.3, 0.4) is 0 Å². The van der Waals surface area contributed by atoms with Gasteiger partial charge in [-0.2, -0.15) is 0 Å². The summed E-state index contributed by atoms with van der Waals surface area (Å²) in [5.74, 6) is 0.160. The molecule has 0 heterocycles. The van der Waals surface area contributed by atoms with Crippen LogP contribution >= 0.6 is 0 Å². The van der Waals surface area contributed by atoms with E-state index in [1.54, 1.807) is 0 Å². The molecule has 0 atom stereocenters. The van der Waals surface area contributed by atoms with E-state index in [-0.39, 0.29) is 12.4 Å². The average Bonchev–Trinajstić information content (AvgIpc) is 2.47. The van der Waals surface area contributed by atoms with Gasteiger partial charge in [0.15, 0.2) is 5.78 Å². The Kier molecular flexibility index (Phi) is 5.74. The summed E-state index contributed by atoms with van der Waals surface area (Å²) >= 11 is 0. The van der Waals surface area contributed by atoms with Crippen molar-refractivity contribution in [3.05, 3.63) is 35.4 Å². The molecule has 1 aliphatic carbocycles. The Labute approximate surface area is 121 Å². The third-order valence-electron chi connectivity index (χ3n) is 4.17. The van der Waals surface area contributed by atoms with Crippen LogP contribution in [0.1, 0.15) is 48.0 Å². The van der Waals surface area contributed by atoms with Crippen LogP contribution in [0.15, 0.2) is 24.3 Å². The van der Waals surface area contributed by atoms with E-state index >= 15 is 0 Å². The standard InChI is InChI=1S/C17H25NO2/c1-14-6-5-7-15(12-14)17(20)13-18(10-11-19)16-8-3-2-4-9-16/h5-7,12,16,19H,2-4,8-11,13H2,1H3. The Morgan fingerprint density at radius 3 is 2.70 bits per heavy atom. The zero-order chi connectivity index (χ0) is 14.4. The van der Waals surface area contributed by atoms with E-state index in [2.05, 4.69) is 4.90 Å². The molecular weight excluding hydrogens is 250 g/mol. The molecule has 0 aromatic heterocycles. The third-order valence-corrected chi connectivity index (χ3v) is 4.17. The topological polar surface area (TPSA) is 40.5 Å². The normalized spacial score (nSPS) is 16.6. The van der Waals surface area contributed by atoms with Crippen molar-refractivity contribution in [2.75, 3.05) is 19.7 Å². The molecular formula is C17H25NO2. The molecule has 20 heavy (non-hydrogen) atoms. The lowest BCUT2D eigenvalue weighted by Crippen LogP contribution is -2.42. The lowest BCUT2D eigenvalue weighted by Gasteiger charge is -2.33. The van der Waals surface area contributed by atoms with Crippen molar-refractivity contribution in [1.82, 2.24) is 4.90 Å². The molecule has 0 saturated heterocycles. The van der Waals surface area contributed by atoms with Gasteiger partial charge in [0, 0.05) is 18.2 Å². The molecule has 3 nitrogen and oxygen atoms in total. The highest BCUT2D eigenvalue weighted by Gasteiger charge is 2.23. The van der Waals surface area contributed by atoms with Gasteiger partial charge in [-0.05, 0) is 25.8 Å². The number of Topliss-reactive ketones (excluding diaryl/α,β-unsaturated/α-hetero) is 1. The fourth-order valence-corrected chi connectivity index (χ4v) is 3.06. The van der Waals surface area contributed by atoms with E-state index in [0.29, 0.717) is 19.1 Å². The number of hydrogen-bond donors (Lipinski definition) is 1. The number of benzene rings is 1. The van der Waals surface area contributed by atoms with Crippen molar-refractivity contribution in [2.24, 2.45) is 0 Å². The number of ketones is 1. The van der Waals surface area contributed by atoms with Crippen molar-refractivity contribution in [2.45, 2.75) is 45.1 Å². The maximum Gasteiger partial charge on any atom is 0.176 e. The molecule has 0 amide bonds. The molecule has 1 aliphatic rings. The highest BCUT2D eigenvalue weighted by atomic mass is 16.3. The summed E-state index contributed by atoms with van der Waals surface area (Å²) < 4.78 is 0. The summed E-state index contributed by atoms with van der Waals surface area (Å²) in [6.07, 6.45) is 6.09. The summed E-state index contributed by atoms with van der Waals surface area (Å²) in [7, 11) is 0. The molecule has 1 fully saturated rings. The van der Waals surface area contributed by atoms with Gasteiger partial charge >= 0.3 is 0 Å². The monoisotopic (exact) mass is 275 g/mol. The minimum absolute atomic E-state index is 0.123. The average molecular weight is 275 g/mol. The zero-order valence-electron chi connectivity index (χ0n) is 12.3. The predicted molar refractivity (Wildman–Crippen MR) is 81.0 cm³/mol. The molecule has 0 unspecified atom stereocenters. The lowest BCUT2D eigenvalue weighted by molar-refractivity contribution is 0.0814. The second-order valence-corrected chi connectivity index (χ2v) is 5.78. The first kappa shape index (κ1) is 15.2. The van der Waals surface area contributed by atoms with Crippen LogP contribution < -0.4 is 0 Å². The van der Waals surface area contributed by atoms with E-state index in [0.717, 1.165) is 24.0 Å². The zero-order valence-corrected chi connectivity index (χ0v) is 12.3. The lowest BCUT2D eigenvalue weighted by atomic mass is 9.93. The van der Waals surface area contributed by atoms with Gasteiger partial charge in [0.1, 0.15) is 0 Å². The molecule has 1 N–H and O–H groups in total. The summed E-state index contributed by atoms with van der Waals surface area (Å²) in [5.41, 5.74) is 1.89. The van der Waals surface area contributed by atoms with Crippen molar-refractivity contribution >= 4 is 5.78 Å². The van der Waals surface area contributed by atoms with Crippen LogP contribution in [0.4, 0.5) is 0 Å². The van der Waals surface area contributed by atoms with Gasteiger partial charge < -0.3 is 5.11 Å². The Balaban J connectivity index is 2.01. The van der Waals surface area contributed by atoms with Gasteiger partial charge in [-0.1, -0.05) is 43.0 Å². The van der Waals surface area contributed by atoms with Crippen molar-refractivity contribution < 1.29 is 9.90 Å². The van der Waals surface area contributed by atoms with Gasteiger partial charge in [-0.15, -0.1) is 0 Å². The van der Waals surface area contributed by atoms with Gasteiger partial charge in [0.05, 0.1) is 13.2 Å². The molecule has 0 spiro atoms. The smallest absolute Gasteiger partial charge is 0.176 e. The van der Waals surface area contributed by atoms with E-state index in [9.17, 15) is 9.90 Å². The first-order chi connectivity index (χ1) is 9.70.